The summed E-state index contributed by atoms with van der Waals surface area (Å²) in [7, 11) is -4.39. The first-order valence-electron chi connectivity index (χ1n) is 12.2. The van der Waals surface area contributed by atoms with Gasteiger partial charge >= 0.3 is 18.0 Å². The van der Waals surface area contributed by atoms with Gasteiger partial charge in [-0.15, -0.1) is 0 Å². The predicted molar refractivity (Wildman–Crippen MR) is 129 cm³/mol. The fourth-order valence-electron chi connectivity index (χ4n) is 5.33. The number of sulfone groups is 1. The Balaban J connectivity index is 1.76. The summed E-state index contributed by atoms with van der Waals surface area (Å²) in [6.45, 7) is -0.482. The van der Waals surface area contributed by atoms with E-state index in [-0.39, 0.29) is 42.7 Å². The monoisotopic (exact) mass is 596 g/mol. The summed E-state index contributed by atoms with van der Waals surface area (Å²) in [5.74, 6) is -1.01. The second-order valence-electron chi connectivity index (χ2n) is 9.88. The zero-order valence-corrected chi connectivity index (χ0v) is 21.6. The number of aromatic nitrogens is 1. The zero-order chi connectivity index (χ0) is 29.6. The van der Waals surface area contributed by atoms with Crippen LogP contribution in [0.15, 0.2) is 70.7 Å². The Labute approximate surface area is 224 Å². The first-order valence-corrected chi connectivity index (χ1v) is 13.7. The molecule has 1 aromatic rings. The topological polar surface area (TPSA) is 67.3 Å². The Morgan fingerprint density at radius 1 is 0.900 bits per heavy atom. The van der Waals surface area contributed by atoms with Crippen molar-refractivity contribution in [2.45, 2.75) is 61.3 Å². The minimum absolute atomic E-state index is 0.0434. The molecule has 2 heterocycles. The second-order valence-corrected chi connectivity index (χ2v) is 12.2. The molecule has 0 spiro atoms. The lowest BCUT2D eigenvalue weighted by Crippen LogP contribution is -2.55. The Morgan fingerprint density at radius 2 is 1.55 bits per heavy atom. The van der Waals surface area contributed by atoms with Gasteiger partial charge in [0.25, 0.3) is 0 Å². The van der Waals surface area contributed by atoms with Crippen LogP contribution in [0.3, 0.4) is 0 Å². The maximum absolute atomic E-state index is 14.7. The highest BCUT2D eigenvalue weighted by Crippen LogP contribution is 2.54. The van der Waals surface area contributed by atoms with Crippen molar-refractivity contribution in [2.75, 3.05) is 13.1 Å². The number of likely N-dealkylation sites (tertiary alicyclic amines) is 1. The molecule has 3 aliphatic rings. The molecular weight excluding hydrogens is 572 g/mol. The number of carbonyl (C=O) groups is 1. The molecule has 14 heteroatoms. The number of amides is 1. The van der Waals surface area contributed by atoms with Crippen molar-refractivity contribution in [3.63, 3.8) is 0 Å². The van der Waals surface area contributed by atoms with Crippen molar-refractivity contribution >= 4 is 15.7 Å². The van der Waals surface area contributed by atoms with E-state index in [0.29, 0.717) is 11.6 Å². The quantitative estimate of drug-likeness (QED) is 0.377. The Morgan fingerprint density at radius 3 is 2.08 bits per heavy atom. The summed E-state index contributed by atoms with van der Waals surface area (Å²) in [4.78, 5) is 18.0. The van der Waals surface area contributed by atoms with Crippen molar-refractivity contribution in [1.29, 1.82) is 0 Å². The van der Waals surface area contributed by atoms with Crippen molar-refractivity contribution in [3.8, 4) is 0 Å². The standard InChI is InChI=1S/C26H24F8N2O3S/c27-20-5-7-21(8-6-20)40(38,39)23(11-14-36(16-23)22(37)15-17-9-12-35-13-10-17)18-1-3-19(4-2-18)24(28,25(29,30)31)26(32,33)34/h1,3,5,7,9-10,12-13H,2,4,6,8,11,14-16H2. The highest BCUT2D eigenvalue weighted by molar-refractivity contribution is 7.96. The molecule has 1 atom stereocenters. The number of allylic oxidation sites excluding steroid dienone is 7. The van der Waals surface area contributed by atoms with E-state index in [1.807, 2.05) is 0 Å². The van der Waals surface area contributed by atoms with Gasteiger partial charge in [0.2, 0.25) is 5.91 Å². The minimum atomic E-state index is -6.29. The minimum Gasteiger partial charge on any atom is -0.340 e. The molecule has 218 valence electrons. The maximum Gasteiger partial charge on any atom is 0.435 e. The summed E-state index contributed by atoms with van der Waals surface area (Å²) in [6, 6.07) is 3.18. The number of carbonyl (C=O) groups excluding carboxylic acids is 1. The molecule has 0 aromatic carbocycles. The number of hydrogen-bond acceptors (Lipinski definition) is 4. The molecule has 1 unspecified atom stereocenters. The zero-order valence-electron chi connectivity index (χ0n) is 20.8. The van der Waals surface area contributed by atoms with Crippen LogP contribution in [0.1, 0.15) is 37.7 Å². The molecule has 1 fully saturated rings. The lowest BCUT2D eigenvalue weighted by molar-refractivity contribution is -0.327. The van der Waals surface area contributed by atoms with Gasteiger partial charge in [-0.25, -0.2) is 17.2 Å². The largest absolute Gasteiger partial charge is 0.435 e. The third kappa shape index (κ3) is 5.10. The molecule has 0 bridgehead atoms. The third-order valence-corrected chi connectivity index (χ3v) is 10.2. The van der Waals surface area contributed by atoms with E-state index < -0.39 is 69.3 Å². The molecule has 2 aliphatic carbocycles. The molecule has 1 saturated heterocycles. The van der Waals surface area contributed by atoms with Gasteiger partial charge in [-0.1, -0.05) is 12.2 Å². The van der Waals surface area contributed by atoms with Gasteiger partial charge < -0.3 is 4.90 Å². The Kier molecular flexibility index (Phi) is 7.80. The Bertz CT molecular complexity index is 1380. The van der Waals surface area contributed by atoms with Gasteiger partial charge in [-0.2, -0.15) is 26.3 Å². The fraction of sp³-hybridized carbons (Fsp3) is 0.462. The van der Waals surface area contributed by atoms with Gasteiger partial charge in [0.1, 0.15) is 10.6 Å². The maximum atomic E-state index is 14.7. The molecule has 0 saturated carbocycles. The molecule has 4 rings (SSSR count). The van der Waals surface area contributed by atoms with Crippen LogP contribution in [0.4, 0.5) is 35.1 Å². The van der Waals surface area contributed by atoms with Crippen molar-refractivity contribution in [3.05, 3.63) is 76.3 Å². The molecule has 0 radical (unpaired) electrons. The summed E-state index contributed by atoms with van der Waals surface area (Å²) in [6.07, 6.45) is -8.85. The molecule has 0 N–H and O–H groups in total. The molecule has 1 aromatic heterocycles. The highest BCUT2D eigenvalue weighted by Gasteiger charge is 2.74. The van der Waals surface area contributed by atoms with Crippen molar-refractivity contribution in [2.24, 2.45) is 0 Å². The normalized spacial score (nSPS) is 22.9. The van der Waals surface area contributed by atoms with E-state index >= 15 is 0 Å². The van der Waals surface area contributed by atoms with Crippen LogP contribution in [0.25, 0.3) is 0 Å². The second kappa shape index (κ2) is 10.4. The van der Waals surface area contributed by atoms with E-state index in [2.05, 4.69) is 4.98 Å². The van der Waals surface area contributed by atoms with Crippen LogP contribution in [0.5, 0.6) is 0 Å². The average Bonchev–Trinajstić information content (AvgIpc) is 3.36. The summed E-state index contributed by atoms with van der Waals surface area (Å²) in [5.41, 5.74) is -6.64. The average molecular weight is 597 g/mol. The number of alkyl halides is 7. The molecule has 1 aliphatic heterocycles. The van der Waals surface area contributed by atoms with Gasteiger partial charge in [0.05, 0.1) is 6.42 Å². The number of halogens is 8. The number of hydrogen-bond donors (Lipinski definition) is 0. The molecule has 5 nitrogen and oxygen atoms in total. The van der Waals surface area contributed by atoms with Gasteiger partial charge in [0, 0.05) is 36.8 Å². The van der Waals surface area contributed by atoms with Crippen molar-refractivity contribution in [1.82, 2.24) is 9.88 Å². The lowest BCUT2D eigenvalue weighted by atomic mass is 9.82. The third-order valence-electron chi connectivity index (χ3n) is 7.57. The molecular formula is C26H24F8N2O3S. The predicted octanol–water partition coefficient (Wildman–Crippen LogP) is 6.02. The molecule has 40 heavy (non-hydrogen) atoms. The van der Waals surface area contributed by atoms with Crippen LogP contribution in [-0.4, -0.2) is 60.1 Å². The van der Waals surface area contributed by atoms with Crippen LogP contribution in [0, 0.1) is 0 Å². The van der Waals surface area contributed by atoms with Crippen molar-refractivity contribution < 1.29 is 48.3 Å². The summed E-state index contributed by atoms with van der Waals surface area (Å²) >= 11 is 0. The highest BCUT2D eigenvalue weighted by atomic mass is 32.2. The van der Waals surface area contributed by atoms with Crippen LogP contribution >= 0.6 is 0 Å². The van der Waals surface area contributed by atoms with Crippen LogP contribution in [0.2, 0.25) is 0 Å². The molecule has 1 amide bonds. The summed E-state index contributed by atoms with van der Waals surface area (Å²) in [5, 5.41) is 0. The number of nitrogens with zero attached hydrogens (tertiary/aromatic N) is 2. The SMILES string of the molecule is O=C(Cc1ccncc1)N1CCC(C2=CC=C(C(F)(C(F)(F)F)C(F)(F)F)CC2)(S(=O)(=O)C2=CC=C(F)CC2)C1. The first kappa shape index (κ1) is 29.9. The number of rotatable bonds is 6. The van der Waals surface area contributed by atoms with Crippen LogP contribution < -0.4 is 0 Å². The van der Waals surface area contributed by atoms with Crippen LogP contribution in [-0.2, 0) is 21.1 Å². The van der Waals surface area contributed by atoms with E-state index in [4.69, 9.17) is 0 Å². The van der Waals surface area contributed by atoms with E-state index in [1.165, 1.54) is 17.3 Å². The first-order chi connectivity index (χ1) is 18.5. The Hall–Kier alpha value is -3.03. The van der Waals surface area contributed by atoms with E-state index in [0.717, 1.165) is 18.2 Å². The van der Waals surface area contributed by atoms with Gasteiger partial charge in [-0.3, -0.25) is 9.78 Å². The summed E-state index contributed by atoms with van der Waals surface area (Å²) < 4.78 is 134. The lowest BCUT2D eigenvalue weighted by Gasteiger charge is -2.37. The van der Waals surface area contributed by atoms with E-state index in [1.54, 1.807) is 12.1 Å². The van der Waals surface area contributed by atoms with Gasteiger partial charge in [-0.05, 0) is 66.7 Å². The number of pyridine rings is 1. The smallest absolute Gasteiger partial charge is 0.340 e. The fourth-order valence-corrected chi connectivity index (χ4v) is 7.65. The van der Waals surface area contributed by atoms with E-state index in [9.17, 15) is 48.3 Å². The van der Waals surface area contributed by atoms with Gasteiger partial charge in [0.15, 0.2) is 9.84 Å².